The predicted octanol–water partition coefficient (Wildman–Crippen LogP) is 23.0. The molecule has 0 saturated carbocycles. The monoisotopic (exact) mass is 1180 g/mol. The van der Waals surface area contributed by atoms with E-state index in [1.54, 1.807) is 0 Å². The van der Waals surface area contributed by atoms with E-state index in [9.17, 15) is 0 Å². The van der Waals surface area contributed by atoms with Crippen molar-refractivity contribution < 1.29 is 0 Å². The van der Waals surface area contributed by atoms with Crippen LogP contribution >= 0.6 is 0 Å². The molecule has 4 heteroatoms. The minimum absolute atomic E-state index is 0.00842. The highest BCUT2D eigenvalue weighted by Crippen LogP contribution is 2.56. The molecule has 0 fully saturated rings. The van der Waals surface area contributed by atoms with Crippen LogP contribution < -0.4 is 0 Å². The van der Waals surface area contributed by atoms with Crippen molar-refractivity contribution in [3.8, 4) is 50.6 Å². The van der Waals surface area contributed by atoms with Gasteiger partial charge in [-0.3, -0.25) is 4.57 Å². The minimum atomic E-state index is -0.0425. The topological polar surface area (TPSA) is 27.7 Å². The molecule has 0 N–H and O–H groups in total. The number of hydrogen-bond donors (Lipinski definition) is 0. The summed E-state index contributed by atoms with van der Waals surface area (Å²) in [7, 11) is 0. The van der Waals surface area contributed by atoms with Gasteiger partial charge in [0.25, 0.3) is 0 Å². The fourth-order valence-corrected chi connectivity index (χ4v) is 16.8. The summed E-state index contributed by atoms with van der Waals surface area (Å²) >= 11 is 0. The maximum Gasteiger partial charge on any atom is 0.137 e. The van der Waals surface area contributed by atoms with E-state index in [2.05, 4.69) is 339 Å². The molecule has 92 heavy (non-hydrogen) atoms. The largest absolute Gasteiger partial charge is 0.309 e. The average Bonchev–Trinajstić information content (AvgIpc) is 1.57. The molecule has 3 aliphatic carbocycles. The van der Waals surface area contributed by atoms with Crippen molar-refractivity contribution in [2.45, 2.75) is 57.8 Å². The van der Waals surface area contributed by atoms with Crippen molar-refractivity contribution in [2.75, 3.05) is 0 Å². The van der Waals surface area contributed by atoms with Crippen molar-refractivity contribution in [1.82, 2.24) is 18.7 Å². The van der Waals surface area contributed by atoms with Gasteiger partial charge in [0.05, 0.1) is 44.5 Å². The lowest BCUT2D eigenvalue weighted by Crippen LogP contribution is -2.15. The molecule has 438 valence electrons. The van der Waals surface area contributed by atoms with Crippen molar-refractivity contribution in [2.24, 2.45) is 0 Å². The molecule has 0 amide bonds. The number of rotatable bonds is 3. The van der Waals surface area contributed by atoms with Crippen molar-refractivity contribution >= 4 is 87.0 Å². The molecular weight excluding hydrogens is 1110 g/mol. The van der Waals surface area contributed by atoms with Gasteiger partial charge < -0.3 is 9.13 Å². The number of benzene rings is 13. The molecule has 4 nitrogen and oxygen atoms in total. The summed E-state index contributed by atoms with van der Waals surface area (Å²) in [5.41, 5.74) is 26.7. The molecule has 4 aromatic heterocycles. The number of hydrogen-bond acceptors (Lipinski definition) is 1. The van der Waals surface area contributed by atoms with E-state index in [1.165, 1.54) is 165 Å². The van der Waals surface area contributed by atoms with Crippen molar-refractivity contribution in [1.29, 1.82) is 0 Å². The fraction of sp³-hybridized carbons (Fsp3) is 0.102. The zero-order valence-corrected chi connectivity index (χ0v) is 52.5. The molecule has 0 bridgehead atoms. The molecule has 17 aromatic rings. The average molecular weight is 1180 g/mol. The van der Waals surface area contributed by atoms with Crippen LogP contribution in [-0.2, 0) is 16.2 Å². The van der Waals surface area contributed by atoms with Gasteiger partial charge in [-0.15, -0.1) is 0 Å². The van der Waals surface area contributed by atoms with Gasteiger partial charge >= 0.3 is 0 Å². The van der Waals surface area contributed by atoms with E-state index in [-0.39, 0.29) is 16.2 Å². The summed E-state index contributed by atoms with van der Waals surface area (Å²) in [6.07, 6.45) is 1.86. The van der Waals surface area contributed by atoms with Crippen LogP contribution in [0.5, 0.6) is 0 Å². The third-order valence-electron chi connectivity index (χ3n) is 21.0. The van der Waals surface area contributed by atoms with E-state index in [4.69, 9.17) is 0 Å². The van der Waals surface area contributed by atoms with E-state index in [0.29, 0.717) is 0 Å². The van der Waals surface area contributed by atoms with Crippen LogP contribution in [0.15, 0.2) is 291 Å². The Morgan fingerprint density at radius 3 is 1.41 bits per heavy atom. The maximum atomic E-state index is 4.65. The van der Waals surface area contributed by atoms with Crippen LogP contribution in [0.4, 0.5) is 0 Å². The lowest BCUT2D eigenvalue weighted by molar-refractivity contribution is 0.660. The Hall–Kier alpha value is -11.1. The van der Waals surface area contributed by atoms with E-state index in [1.807, 2.05) is 12.3 Å². The first kappa shape index (κ1) is 53.9. The van der Waals surface area contributed by atoms with E-state index >= 15 is 0 Å². The van der Waals surface area contributed by atoms with Crippen LogP contribution in [0.2, 0.25) is 0 Å². The van der Waals surface area contributed by atoms with E-state index in [0.717, 1.165) is 5.82 Å². The summed E-state index contributed by atoms with van der Waals surface area (Å²) in [5.74, 6) is 0.960. The Kier molecular flexibility index (Phi) is 11.7. The maximum absolute atomic E-state index is 4.65. The van der Waals surface area contributed by atoms with Crippen molar-refractivity contribution in [3.63, 3.8) is 0 Å². The van der Waals surface area contributed by atoms with Gasteiger partial charge in [0, 0.05) is 71.1 Å². The van der Waals surface area contributed by atoms with Crippen LogP contribution in [-0.4, -0.2) is 18.7 Å². The second kappa shape index (κ2) is 20.0. The van der Waals surface area contributed by atoms with Gasteiger partial charge in [-0.2, -0.15) is 0 Å². The molecule has 0 atom stereocenters. The third-order valence-corrected chi connectivity index (χ3v) is 21.0. The van der Waals surface area contributed by atoms with Crippen LogP contribution in [0.25, 0.3) is 138 Å². The van der Waals surface area contributed by atoms with Gasteiger partial charge in [0.15, 0.2) is 0 Å². The van der Waals surface area contributed by atoms with Crippen LogP contribution in [0.3, 0.4) is 0 Å². The highest BCUT2D eigenvalue weighted by Gasteiger charge is 2.40. The fourth-order valence-electron chi connectivity index (χ4n) is 16.8. The van der Waals surface area contributed by atoms with Crippen molar-refractivity contribution in [3.05, 3.63) is 325 Å². The standard InChI is InChI=1S/2C31H23N.C26H20N2/c1-31(2)25-15-7-5-14-24(25)29-26(31)19-18-23-22-13-6-8-16-28(22)32(30(23)29)27-17-9-11-20-10-3-4-12-21(20)27;1-31(2)25-15-7-5-13-22(25)23-18-19-28-29(30(23)31)24-14-6-8-16-27(24)32(28)26-17-9-11-20-10-3-4-12-21(20)26;1-26(2)21-11-5-3-9-17(21)19-15-20-18-10-4-6-12-23(18)28(24(20)16-22(19)26)25-13-7-8-14-27-25/h2*3-19H,1-2H3;3-16H,1-2H3. The van der Waals surface area contributed by atoms with Crippen LogP contribution in [0.1, 0.15) is 74.9 Å². The number of fused-ring (bicyclic) bond motifs is 22. The van der Waals surface area contributed by atoms with Crippen LogP contribution in [0, 0.1) is 0 Å². The summed E-state index contributed by atoms with van der Waals surface area (Å²) in [4.78, 5) is 4.65. The molecule has 0 unspecified atom stereocenters. The van der Waals surface area contributed by atoms with Gasteiger partial charge in [0.2, 0.25) is 0 Å². The molecule has 4 heterocycles. The lowest BCUT2D eigenvalue weighted by Gasteiger charge is -2.22. The van der Waals surface area contributed by atoms with Gasteiger partial charge in [-0.05, 0) is 133 Å². The molecular formula is C88H66N4. The number of para-hydroxylation sites is 3. The molecule has 0 radical (unpaired) electrons. The quantitative estimate of drug-likeness (QED) is 0.173. The van der Waals surface area contributed by atoms with E-state index < -0.39 is 0 Å². The second-order valence-electron chi connectivity index (χ2n) is 26.9. The first-order valence-electron chi connectivity index (χ1n) is 32.4. The Balaban J connectivity index is 0.000000102. The molecule has 0 aliphatic heterocycles. The minimum Gasteiger partial charge on any atom is -0.309 e. The summed E-state index contributed by atoms with van der Waals surface area (Å²) in [6, 6.07) is 104. The normalized spacial score (nSPS) is 14.2. The first-order valence-corrected chi connectivity index (χ1v) is 32.4. The number of pyridine rings is 1. The molecule has 20 rings (SSSR count). The summed E-state index contributed by atoms with van der Waals surface area (Å²) < 4.78 is 7.26. The summed E-state index contributed by atoms with van der Waals surface area (Å²) in [5, 5.41) is 13.0. The number of aromatic nitrogens is 4. The Labute approximate surface area is 535 Å². The van der Waals surface area contributed by atoms with Gasteiger partial charge in [-0.1, -0.05) is 266 Å². The van der Waals surface area contributed by atoms with Gasteiger partial charge in [-0.25, -0.2) is 4.98 Å². The molecule has 13 aromatic carbocycles. The lowest BCUT2D eigenvalue weighted by atomic mass is 9.80. The summed E-state index contributed by atoms with van der Waals surface area (Å²) in [6.45, 7) is 14.1. The zero-order valence-electron chi connectivity index (χ0n) is 52.5. The highest BCUT2D eigenvalue weighted by molar-refractivity contribution is 6.18. The Morgan fingerprint density at radius 1 is 0.272 bits per heavy atom. The number of nitrogens with zero attached hydrogens (tertiary/aromatic N) is 4. The first-order chi connectivity index (χ1) is 45.0. The molecule has 0 saturated heterocycles. The highest BCUT2D eigenvalue weighted by atomic mass is 15.1. The smallest absolute Gasteiger partial charge is 0.137 e. The predicted molar refractivity (Wildman–Crippen MR) is 388 cm³/mol. The second-order valence-corrected chi connectivity index (χ2v) is 26.9. The zero-order chi connectivity index (χ0) is 61.8. The molecule has 0 spiro atoms. The van der Waals surface area contributed by atoms with Gasteiger partial charge in [0.1, 0.15) is 5.82 Å². The molecule has 3 aliphatic rings. The Morgan fingerprint density at radius 2 is 0.761 bits per heavy atom. The SMILES string of the molecule is CC1(C)c2ccccc2-c2c1ccc1c3ccccc3n(-c3cccc4ccccc34)c21.CC1(C)c2ccccc2-c2cc3c4ccccc4n(-c4ccccn4)c3cc21.CC1(C)c2ccccc2-c2ccc3c(c21)c1ccccc1n3-c1cccc2ccccc12. The Bertz CT molecular complexity index is 5910. The third kappa shape index (κ3) is 7.61.